The molecule has 0 aliphatic carbocycles. The van der Waals surface area contributed by atoms with Crippen LogP contribution in [0.3, 0.4) is 0 Å². The molecule has 19 heavy (non-hydrogen) atoms. The summed E-state index contributed by atoms with van der Waals surface area (Å²) in [6, 6.07) is 10.5. The molecule has 3 heteroatoms. The number of unbranched alkanes of at least 4 members (excludes halogenated alkanes) is 5. The van der Waals surface area contributed by atoms with Gasteiger partial charge in [0.15, 0.2) is 4.46 Å². The van der Waals surface area contributed by atoms with Gasteiger partial charge in [0.05, 0.1) is 6.04 Å². The van der Waals surface area contributed by atoms with Gasteiger partial charge in [0.25, 0.3) is 0 Å². The van der Waals surface area contributed by atoms with Crippen LogP contribution in [-0.2, 0) is 0 Å². The van der Waals surface area contributed by atoms with E-state index in [4.69, 9.17) is 23.2 Å². The lowest BCUT2D eigenvalue weighted by Crippen LogP contribution is -2.05. The van der Waals surface area contributed by atoms with E-state index in [0.717, 1.165) is 6.54 Å². The van der Waals surface area contributed by atoms with Gasteiger partial charge in [-0.25, -0.2) is 0 Å². The van der Waals surface area contributed by atoms with Crippen LogP contribution in [0.25, 0.3) is 0 Å². The van der Waals surface area contributed by atoms with Crippen molar-refractivity contribution in [3.05, 3.63) is 35.9 Å². The summed E-state index contributed by atoms with van der Waals surface area (Å²) in [5.74, 6) is 0. The fourth-order valence-electron chi connectivity index (χ4n) is 2.65. The molecule has 2 rings (SSSR count). The lowest BCUT2D eigenvalue weighted by molar-refractivity contribution is 0.460. The van der Waals surface area contributed by atoms with Crippen molar-refractivity contribution in [2.75, 3.05) is 6.54 Å². The summed E-state index contributed by atoms with van der Waals surface area (Å²) in [6.45, 7) is 3.24. The molecule has 1 heterocycles. The van der Waals surface area contributed by atoms with E-state index in [-0.39, 0.29) is 6.04 Å². The summed E-state index contributed by atoms with van der Waals surface area (Å²) in [4.78, 5) is 2.19. The summed E-state index contributed by atoms with van der Waals surface area (Å²) < 4.78 is -0.690. The molecule has 2 atom stereocenters. The highest BCUT2D eigenvalue weighted by atomic mass is 35.5. The molecular weight excluding hydrogens is 277 g/mol. The molecule has 106 valence electrons. The summed E-state index contributed by atoms with van der Waals surface area (Å²) in [5, 5.41) is 0. The number of benzene rings is 1. The van der Waals surface area contributed by atoms with Crippen LogP contribution >= 0.6 is 23.2 Å². The molecular formula is C16H23Cl2N. The first-order valence-electron chi connectivity index (χ1n) is 7.37. The number of hydrogen-bond donors (Lipinski definition) is 0. The van der Waals surface area contributed by atoms with Crippen molar-refractivity contribution < 1.29 is 0 Å². The lowest BCUT2D eigenvalue weighted by atomic mass is 10.1. The first kappa shape index (κ1) is 15.2. The average Bonchev–Trinajstić information content (AvgIpc) is 2.96. The highest BCUT2D eigenvalue weighted by molar-refractivity contribution is 6.50. The van der Waals surface area contributed by atoms with Crippen LogP contribution in [-0.4, -0.2) is 15.9 Å². The van der Waals surface area contributed by atoms with E-state index in [1.807, 2.05) is 18.2 Å². The molecule has 1 aromatic rings. The van der Waals surface area contributed by atoms with Crippen LogP contribution in [0.4, 0.5) is 0 Å². The van der Waals surface area contributed by atoms with Crippen molar-refractivity contribution in [3.8, 4) is 0 Å². The molecule has 0 radical (unpaired) electrons. The maximum Gasteiger partial charge on any atom is 0.191 e. The summed E-state index contributed by atoms with van der Waals surface area (Å²) in [6.07, 6.45) is 7.80. The molecule has 0 aromatic heterocycles. The monoisotopic (exact) mass is 299 g/mol. The third-order valence-corrected chi connectivity index (χ3v) is 4.67. The van der Waals surface area contributed by atoms with Crippen LogP contribution in [0.1, 0.15) is 57.1 Å². The van der Waals surface area contributed by atoms with Crippen molar-refractivity contribution >= 4 is 23.2 Å². The van der Waals surface area contributed by atoms with Crippen molar-refractivity contribution in [2.45, 2.75) is 55.9 Å². The number of hydrogen-bond acceptors (Lipinski definition) is 1. The molecule has 0 bridgehead atoms. The quantitative estimate of drug-likeness (QED) is 0.264. The Labute approximate surface area is 126 Å². The van der Waals surface area contributed by atoms with Crippen LogP contribution in [0.2, 0.25) is 0 Å². The van der Waals surface area contributed by atoms with Gasteiger partial charge in [-0.1, -0.05) is 92.6 Å². The van der Waals surface area contributed by atoms with Crippen molar-refractivity contribution in [1.82, 2.24) is 4.90 Å². The molecule has 0 amide bonds. The zero-order valence-corrected chi connectivity index (χ0v) is 13.1. The lowest BCUT2D eigenvalue weighted by Gasteiger charge is -2.04. The van der Waals surface area contributed by atoms with E-state index >= 15 is 0 Å². The number of alkyl halides is 2. The SMILES string of the molecule is CCCCCCCCN1C(c2ccccc2)C1(Cl)Cl. The number of halogens is 2. The Morgan fingerprint density at radius 1 is 1.00 bits per heavy atom. The average molecular weight is 300 g/mol. The topological polar surface area (TPSA) is 3.01 Å². The van der Waals surface area contributed by atoms with Gasteiger partial charge in [-0.3, -0.25) is 4.90 Å². The third kappa shape index (κ3) is 3.87. The van der Waals surface area contributed by atoms with Crippen LogP contribution < -0.4 is 0 Å². The van der Waals surface area contributed by atoms with Crippen molar-refractivity contribution in [2.24, 2.45) is 0 Å². The molecule has 0 saturated carbocycles. The Hall–Kier alpha value is -0.240. The van der Waals surface area contributed by atoms with Gasteiger partial charge >= 0.3 is 0 Å². The normalized spacial score (nSPS) is 24.4. The van der Waals surface area contributed by atoms with Gasteiger partial charge in [-0.2, -0.15) is 0 Å². The molecule has 1 saturated heterocycles. The van der Waals surface area contributed by atoms with Crippen molar-refractivity contribution in [3.63, 3.8) is 0 Å². The fourth-order valence-corrected chi connectivity index (χ4v) is 3.40. The van der Waals surface area contributed by atoms with Gasteiger partial charge < -0.3 is 0 Å². The molecule has 0 spiro atoms. The van der Waals surface area contributed by atoms with Gasteiger partial charge in [0.2, 0.25) is 0 Å². The summed E-state index contributed by atoms with van der Waals surface area (Å²) in [5.41, 5.74) is 1.22. The Morgan fingerprint density at radius 3 is 2.32 bits per heavy atom. The number of rotatable bonds is 8. The van der Waals surface area contributed by atoms with E-state index in [9.17, 15) is 0 Å². The highest BCUT2D eigenvalue weighted by Crippen LogP contribution is 2.59. The van der Waals surface area contributed by atoms with Gasteiger partial charge in [0, 0.05) is 6.54 Å². The zero-order valence-electron chi connectivity index (χ0n) is 11.6. The minimum absolute atomic E-state index is 0.174. The van der Waals surface area contributed by atoms with E-state index < -0.39 is 4.46 Å². The predicted octanol–water partition coefficient (Wildman–Crippen LogP) is 5.54. The van der Waals surface area contributed by atoms with E-state index in [1.165, 1.54) is 44.1 Å². The standard InChI is InChI=1S/C16H23Cl2N/c1-2-3-4-5-6-10-13-19-15(16(19,17)18)14-11-8-7-9-12-14/h7-9,11-12,15H,2-6,10,13H2,1H3. The number of nitrogens with zero attached hydrogens (tertiary/aromatic N) is 1. The molecule has 1 fully saturated rings. The second kappa shape index (κ2) is 6.97. The first-order chi connectivity index (χ1) is 9.18. The Bertz CT molecular complexity index is 378. The Kier molecular flexibility index (Phi) is 5.56. The Balaban J connectivity index is 1.73. The molecule has 2 unspecified atom stereocenters. The highest BCUT2D eigenvalue weighted by Gasteiger charge is 2.61. The second-order valence-electron chi connectivity index (χ2n) is 5.36. The minimum Gasteiger partial charge on any atom is -0.259 e. The second-order valence-corrected chi connectivity index (χ2v) is 6.71. The van der Waals surface area contributed by atoms with Crippen LogP contribution in [0.5, 0.6) is 0 Å². The molecule has 1 nitrogen and oxygen atoms in total. The summed E-state index contributed by atoms with van der Waals surface area (Å²) >= 11 is 12.7. The van der Waals surface area contributed by atoms with Crippen molar-refractivity contribution in [1.29, 1.82) is 0 Å². The minimum atomic E-state index is -0.690. The molecule has 1 aliphatic rings. The Morgan fingerprint density at radius 2 is 1.63 bits per heavy atom. The van der Waals surface area contributed by atoms with E-state index in [0.29, 0.717) is 0 Å². The van der Waals surface area contributed by atoms with E-state index in [2.05, 4.69) is 24.0 Å². The van der Waals surface area contributed by atoms with E-state index in [1.54, 1.807) is 0 Å². The fraction of sp³-hybridized carbons (Fsp3) is 0.625. The largest absolute Gasteiger partial charge is 0.259 e. The molecule has 1 aromatic carbocycles. The predicted molar refractivity (Wildman–Crippen MR) is 83.7 cm³/mol. The molecule has 1 aliphatic heterocycles. The van der Waals surface area contributed by atoms with Gasteiger partial charge in [-0.15, -0.1) is 0 Å². The van der Waals surface area contributed by atoms with Gasteiger partial charge in [-0.05, 0) is 12.0 Å². The zero-order chi connectivity index (χ0) is 13.7. The molecule has 0 N–H and O–H groups in total. The van der Waals surface area contributed by atoms with Crippen LogP contribution in [0, 0.1) is 0 Å². The maximum atomic E-state index is 6.36. The summed E-state index contributed by atoms with van der Waals surface area (Å²) in [7, 11) is 0. The van der Waals surface area contributed by atoms with Crippen LogP contribution in [0.15, 0.2) is 30.3 Å². The third-order valence-electron chi connectivity index (χ3n) is 3.82. The maximum absolute atomic E-state index is 6.36. The first-order valence-corrected chi connectivity index (χ1v) is 8.13. The van der Waals surface area contributed by atoms with Gasteiger partial charge in [0.1, 0.15) is 0 Å². The smallest absolute Gasteiger partial charge is 0.191 e.